The van der Waals surface area contributed by atoms with Crippen molar-refractivity contribution in [2.24, 2.45) is 0 Å². The van der Waals surface area contributed by atoms with Crippen LogP contribution < -0.4 is 0 Å². The van der Waals surface area contributed by atoms with E-state index in [1.54, 1.807) is 0 Å². The molecule has 0 amide bonds. The van der Waals surface area contributed by atoms with Gasteiger partial charge < -0.3 is 153 Å². The second kappa shape index (κ2) is 28.8. The molecule has 77 heavy (non-hydrogen) atoms. The first-order chi connectivity index (χ1) is 36.9. The van der Waals surface area contributed by atoms with E-state index < -0.39 is 224 Å². The van der Waals surface area contributed by atoms with E-state index in [1.807, 2.05) is 0 Å². The van der Waals surface area contributed by atoms with Gasteiger partial charge in [0.25, 0.3) is 0 Å². The number of rotatable bonds is 16. The van der Waals surface area contributed by atoms with Gasteiger partial charge in [0.15, 0.2) is 37.7 Å². The van der Waals surface area contributed by atoms with Crippen LogP contribution in [-0.2, 0) is 61.6 Å². The van der Waals surface area contributed by atoms with Crippen LogP contribution in [0.15, 0.2) is 0 Å². The number of hydrogen-bond acceptors (Lipinski definition) is 31. The van der Waals surface area contributed by atoms with Gasteiger partial charge in [-0.2, -0.15) is 0 Å². The number of aliphatic hydroxyl groups is 17. The van der Waals surface area contributed by atoms with Crippen molar-refractivity contribution >= 4 is 0 Å². The molecule has 0 aromatic carbocycles. The predicted molar refractivity (Wildman–Crippen MR) is 246 cm³/mol. The summed E-state index contributed by atoms with van der Waals surface area (Å²) in [5.41, 5.74) is 0. The quantitative estimate of drug-likeness (QED) is 0.0638. The summed E-state index contributed by atoms with van der Waals surface area (Å²) in [6.07, 6.45) is -53.9. The largest absolute Gasteiger partial charge is 0.394 e. The number of hydrogen-bond donors (Lipinski definition) is 17. The van der Waals surface area contributed by atoms with Crippen molar-refractivity contribution in [2.45, 2.75) is 224 Å². The Morgan fingerprint density at radius 2 is 0.545 bits per heavy atom. The van der Waals surface area contributed by atoms with Gasteiger partial charge in [-0.3, -0.25) is 0 Å². The second-order valence-corrected chi connectivity index (χ2v) is 20.1. The first-order valence-electron chi connectivity index (χ1n) is 26.2. The highest BCUT2D eigenvalue weighted by atomic mass is 16.8. The third-order valence-electron chi connectivity index (χ3n) is 15.2. The highest BCUT2D eigenvalue weighted by Crippen LogP contribution is 2.38. The van der Waals surface area contributed by atoms with Gasteiger partial charge >= 0.3 is 0 Å². The third-order valence-corrected chi connectivity index (χ3v) is 15.2. The van der Waals surface area contributed by atoms with E-state index in [0.29, 0.717) is 12.8 Å². The van der Waals surface area contributed by atoms with E-state index in [2.05, 4.69) is 18.7 Å². The third kappa shape index (κ3) is 13.9. The van der Waals surface area contributed by atoms with E-state index in [4.69, 9.17) is 61.6 Å². The van der Waals surface area contributed by atoms with E-state index in [0.717, 1.165) is 32.5 Å². The maximum absolute atomic E-state index is 12.0. The fraction of sp³-hybridized carbons (Fsp3) is 1.00. The maximum atomic E-state index is 12.0. The van der Waals surface area contributed by atoms with Crippen LogP contribution in [0.25, 0.3) is 0 Å². The summed E-state index contributed by atoms with van der Waals surface area (Å²) >= 11 is 0. The molecule has 0 radical (unpaired) electrons. The molecular weight excluding hydrogens is 1050 g/mol. The van der Waals surface area contributed by atoms with Crippen molar-refractivity contribution in [3.8, 4) is 0 Å². The van der Waals surface area contributed by atoms with Crippen LogP contribution in [0.3, 0.4) is 0 Å². The SMILES string of the molecule is CCN(CC)CCCCCCO[C@@H]1[C@@H](O)[C@H]2O[C@H]3[C@H](O)[C@@H](O)[C@@H](O[C@H]4[C@H](O)[C@@H](O)[C@@H](O[C@H]5[C@H](O)[C@@H](O)[C@@H](O[C@H]6[C@H](O)[C@@H](O)[C@@H](O[C@H]7[C@H](O)[C@@H](O)[C@@H](O[C@H]1[C@@H](CO)O2)O[C@@H]7CO)O[C@@H]6CO)O[C@@H]5CO)O[C@@H]4CO)O[C@@H]3CO. The van der Waals surface area contributed by atoms with Gasteiger partial charge in [-0.1, -0.05) is 26.7 Å². The Morgan fingerprint density at radius 1 is 0.299 bits per heavy atom. The number of unbranched alkanes of at least 4 members (excludes halogenated alkanes) is 3. The molecule has 31 heteroatoms. The smallest absolute Gasteiger partial charge is 0.187 e. The van der Waals surface area contributed by atoms with Gasteiger partial charge in [-0.25, -0.2) is 0 Å². The molecule has 0 aliphatic carbocycles. The molecule has 22 aliphatic rings. The van der Waals surface area contributed by atoms with Crippen LogP contribution in [0.4, 0.5) is 0 Å². The Kier molecular flexibility index (Phi) is 23.7. The number of ether oxygens (including phenoxy) is 13. The average molecular weight is 1130 g/mol. The molecular formula is C46H81NO30. The van der Waals surface area contributed by atoms with Gasteiger partial charge in [-0.15, -0.1) is 0 Å². The predicted octanol–water partition coefficient (Wildman–Crippen LogP) is -10.1. The normalized spacial score (nSPS) is 49.2. The van der Waals surface area contributed by atoms with E-state index in [-0.39, 0.29) is 6.61 Å². The van der Waals surface area contributed by atoms with Gasteiger partial charge in [0.2, 0.25) is 0 Å². The van der Waals surface area contributed by atoms with Crippen LogP contribution >= 0.6 is 0 Å². The molecule has 0 spiro atoms. The minimum absolute atomic E-state index is 0.0286. The highest BCUT2D eigenvalue weighted by molar-refractivity contribution is 5.01. The van der Waals surface area contributed by atoms with Crippen LogP contribution in [0, 0.1) is 0 Å². The zero-order chi connectivity index (χ0) is 56.0. The standard InChI is InChI=1S/C46H81NO30/c1-3-47(4-2)9-7-5-6-8-10-65-40-33(64)46-71-22(16-53)39(40)77-45-32(63)27(58)37(20(14-51)70-45)75-43-30(61)25(56)35(18(12-49)68-43)73-41-28(59)23(54)34(17(11-48)66-41)72-42-29(60)24(55)36(19(13-50)67-42)74-44-31(62)26(57)38(76-46)21(15-52)69-44/h17-46,48-64H,3-16H2,1-2H3/t17-,18-,19-,20-,21-,22-,23-,24-,25-,26-,27-,28-,29-,30-,31-,32-,33-,34-,35-,36-,37-,38-,39+,40-,41-,42-,43-,44-,45-,46-/m1/s1. The Balaban J connectivity index is 1.19. The van der Waals surface area contributed by atoms with Crippen LogP contribution in [-0.4, -0.2) is 342 Å². The second-order valence-electron chi connectivity index (χ2n) is 20.1. The summed E-state index contributed by atoms with van der Waals surface area (Å²) in [6.45, 7) is 0.941. The fourth-order valence-corrected chi connectivity index (χ4v) is 10.7. The van der Waals surface area contributed by atoms with Crippen LogP contribution in [0.1, 0.15) is 39.5 Å². The molecule has 30 atom stereocenters. The number of aliphatic hydroxyl groups excluding tert-OH is 17. The monoisotopic (exact) mass is 1130 g/mol. The van der Waals surface area contributed by atoms with Crippen LogP contribution in [0.5, 0.6) is 0 Å². The summed E-state index contributed by atoms with van der Waals surface area (Å²) in [4.78, 5) is 2.27. The lowest BCUT2D eigenvalue weighted by Gasteiger charge is -2.51. The van der Waals surface area contributed by atoms with E-state index >= 15 is 0 Å². The summed E-state index contributed by atoms with van der Waals surface area (Å²) in [5, 5.41) is 189. The summed E-state index contributed by atoms with van der Waals surface area (Å²) in [6, 6.07) is 0. The number of nitrogens with zero attached hydrogens (tertiary/aromatic N) is 1. The first kappa shape index (κ1) is 63.3. The molecule has 0 aromatic heterocycles. The fourth-order valence-electron chi connectivity index (χ4n) is 10.7. The van der Waals surface area contributed by atoms with E-state index in [9.17, 15) is 86.8 Å². The van der Waals surface area contributed by atoms with Gasteiger partial charge in [0, 0.05) is 6.61 Å². The van der Waals surface area contributed by atoms with E-state index in [1.165, 1.54) is 0 Å². The first-order valence-corrected chi connectivity index (χ1v) is 26.2. The Labute approximate surface area is 442 Å². The zero-order valence-electron chi connectivity index (χ0n) is 42.6. The molecule has 22 rings (SSSR count). The molecule has 450 valence electrons. The lowest BCUT2D eigenvalue weighted by Crippen LogP contribution is -2.69. The van der Waals surface area contributed by atoms with Crippen molar-refractivity contribution in [3.63, 3.8) is 0 Å². The Hall–Kier alpha value is -1.24. The molecule has 0 unspecified atom stereocenters. The molecule has 22 fully saturated rings. The molecule has 22 heterocycles. The average Bonchev–Trinajstić information content (AvgIpc) is 3.47. The van der Waals surface area contributed by atoms with Crippen molar-refractivity contribution in [2.75, 3.05) is 65.9 Å². The maximum Gasteiger partial charge on any atom is 0.187 e. The molecule has 22 saturated heterocycles. The summed E-state index contributed by atoms with van der Waals surface area (Å²) in [7, 11) is 0. The molecule has 22 aliphatic heterocycles. The topological polar surface area (TPSA) is 467 Å². The summed E-state index contributed by atoms with van der Waals surface area (Å²) in [5.74, 6) is 0. The van der Waals surface area contributed by atoms with Crippen molar-refractivity contribution in [3.05, 3.63) is 0 Å². The molecule has 0 saturated carbocycles. The minimum atomic E-state index is -2.14. The molecule has 17 N–H and O–H groups in total. The Bertz CT molecular complexity index is 1720. The lowest BCUT2D eigenvalue weighted by molar-refractivity contribution is -0.404. The van der Waals surface area contributed by atoms with Gasteiger partial charge in [0.1, 0.15) is 146 Å². The molecule has 31 nitrogen and oxygen atoms in total. The van der Waals surface area contributed by atoms with Crippen molar-refractivity contribution < 1.29 is 148 Å². The highest BCUT2D eigenvalue weighted by Gasteiger charge is 2.59. The van der Waals surface area contributed by atoms with Crippen molar-refractivity contribution in [1.82, 2.24) is 4.90 Å². The summed E-state index contributed by atoms with van der Waals surface area (Å²) < 4.78 is 76.3. The van der Waals surface area contributed by atoms with Gasteiger partial charge in [-0.05, 0) is 32.5 Å². The molecule has 12 bridgehead atoms. The zero-order valence-corrected chi connectivity index (χ0v) is 42.6. The Morgan fingerprint density at radius 3 is 0.818 bits per heavy atom. The van der Waals surface area contributed by atoms with Gasteiger partial charge in [0.05, 0.1) is 39.6 Å². The van der Waals surface area contributed by atoms with Crippen LogP contribution in [0.2, 0.25) is 0 Å². The van der Waals surface area contributed by atoms with Crippen molar-refractivity contribution in [1.29, 1.82) is 0 Å². The minimum Gasteiger partial charge on any atom is -0.394 e. The molecule has 0 aromatic rings. The lowest BCUT2D eigenvalue weighted by atomic mass is 9.94.